The van der Waals surface area contributed by atoms with Gasteiger partial charge in [0.2, 0.25) is 0 Å². The Morgan fingerprint density at radius 3 is 2.80 bits per heavy atom. The topological polar surface area (TPSA) is 41.5 Å². The fraction of sp³-hybridized carbons (Fsp3) is 0.500. The second kappa shape index (κ2) is 7.00. The number of fused-ring (bicyclic) bond motifs is 1. The highest BCUT2D eigenvalue weighted by atomic mass is 16.5. The van der Waals surface area contributed by atoms with E-state index in [1.807, 2.05) is 0 Å². The molecular weight excluding hydrogens is 312 g/mol. The van der Waals surface area contributed by atoms with E-state index >= 15 is 0 Å². The van der Waals surface area contributed by atoms with Crippen molar-refractivity contribution in [1.29, 1.82) is 0 Å². The van der Waals surface area contributed by atoms with Crippen molar-refractivity contribution in [3.05, 3.63) is 47.4 Å². The molecule has 2 aliphatic rings. The van der Waals surface area contributed by atoms with Crippen molar-refractivity contribution >= 4 is 5.82 Å². The molecule has 1 aromatic heterocycles. The van der Waals surface area contributed by atoms with Crippen LogP contribution < -0.4 is 9.64 Å². The van der Waals surface area contributed by atoms with E-state index in [0.717, 1.165) is 44.0 Å². The highest BCUT2D eigenvalue weighted by Gasteiger charge is 2.30. The molecule has 1 unspecified atom stereocenters. The first kappa shape index (κ1) is 16.3. The quantitative estimate of drug-likeness (QED) is 0.857. The van der Waals surface area contributed by atoms with Crippen molar-refractivity contribution in [1.82, 2.24) is 14.9 Å². The van der Waals surface area contributed by atoms with E-state index in [1.54, 1.807) is 13.4 Å². The molecule has 0 spiro atoms. The Morgan fingerprint density at radius 1 is 1.16 bits per heavy atom. The molecule has 132 valence electrons. The minimum absolute atomic E-state index is 0.514. The van der Waals surface area contributed by atoms with E-state index in [2.05, 4.69) is 46.1 Å². The first-order chi connectivity index (χ1) is 12.2. The minimum atomic E-state index is 0.514. The van der Waals surface area contributed by atoms with Crippen LogP contribution in [-0.2, 0) is 19.4 Å². The molecule has 0 saturated carbocycles. The van der Waals surface area contributed by atoms with E-state index < -0.39 is 0 Å². The van der Waals surface area contributed by atoms with Crippen LogP contribution in [0.15, 0.2) is 30.6 Å². The van der Waals surface area contributed by atoms with Crippen molar-refractivity contribution in [3.8, 4) is 5.75 Å². The normalized spacial score (nSPS) is 20.6. The van der Waals surface area contributed by atoms with Crippen LogP contribution >= 0.6 is 0 Å². The predicted molar refractivity (Wildman–Crippen MR) is 99.1 cm³/mol. The van der Waals surface area contributed by atoms with Gasteiger partial charge in [0, 0.05) is 37.7 Å². The number of ether oxygens (including phenoxy) is 1. The van der Waals surface area contributed by atoms with Crippen LogP contribution in [0, 0.1) is 0 Å². The lowest BCUT2D eigenvalue weighted by Gasteiger charge is -2.32. The zero-order valence-corrected chi connectivity index (χ0v) is 15.1. The van der Waals surface area contributed by atoms with Gasteiger partial charge in [-0.15, -0.1) is 0 Å². The number of rotatable bonds is 4. The van der Waals surface area contributed by atoms with Crippen molar-refractivity contribution in [2.45, 2.75) is 38.3 Å². The maximum Gasteiger partial charge on any atom is 0.137 e. The Balaban J connectivity index is 1.57. The zero-order chi connectivity index (χ0) is 17.2. The first-order valence-corrected chi connectivity index (χ1v) is 9.15. The number of benzene rings is 1. The summed E-state index contributed by atoms with van der Waals surface area (Å²) in [7, 11) is 3.89. The second-order valence-corrected chi connectivity index (χ2v) is 7.15. The summed E-state index contributed by atoms with van der Waals surface area (Å²) in [6.07, 6.45) is 6.29. The molecule has 1 saturated heterocycles. The summed E-state index contributed by atoms with van der Waals surface area (Å²) in [6, 6.07) is 8.98. The number of methoxy groups -OCH3 is 1. The number of hydrogen-bond acceptors (Lipinski definition) is 5. The Kier molecular flexibility index (Phi) is 4.57. The monoisotopic (exact) mass is 338 g/mol. The summed E-state index contributed by atoms with van der Waals surface area (Å²) in [5.41, 5.74) is 3.92. The molecule has 25 heavy (non-hydrogen) atoms. The number of nitrogens with zero attached hydrogens (tertiary/aromatic N) is 4. The molecule has 2 aliphatic heterocycles. The fourth-order valence-corrected chi connectivity index (χ4v) is 4.07. The molecule has 2 aromatic rings. The molecule has 1 aromatic carbocycles. The molecule has 0 aliphatic carbocycles. The van der Waals surface area contributed by atoms with Crippen molar-refractivity contribution in [2.24, 2.45) is 0 Å². The van der Waals surface area contributed by atoms with Crippen LogP contribution in [0.25, 0.3) is 0 Å². The number of hydrogen-bond donors (Lipinski definition) is 0. The van der Waals surface area contributed by atoms with Crippen LogP contribution in [0.1, 0.15) is 29.7 Å². The van der Waals surface area contributed by atoms with Crippen molar-refractivity contribution in [3.63, 3.8) is 0 Å². The van der Waals surface area contributed by atoms with Crippen LogP contribution in [0.2, 0.25) is 0 Å². The van der Waals surface area contributed by atoms with E-state index in [1.165, 1.54) is 29.7 Å². The largest absolute Gasteiger partial charge is 0.497 e. The summed E-state index contributed by atoms with van der Waals surface area (Å²) in [5.74, 6) is 2.08. The molecule has 1 atom stereocenters. The van der Waals surface area contributed by atoms with E-state index in [-0.39, 0.29) is 0 Å². The maximum absolute atomic E-state index is 5.27. The Morgan fingerprint density at radius 2 is 2.00 bits per heavy atom. The summed E-state index contributed by atoms with van der Waals surface area (Å²) in [6.45, 7) is 3.13. The third kappa shape index (κ3) is 3.33. The predicted octanol–water partition coefficient (Wildman–Crippen LogP) is 2.68. The number of anilines is 1. The van der Waals surface area contributed by atoms with Gasteiger partial charge in [-0.3, -0.25) is 0 Å². The molecule has 0 radical (unpaired) electrons. The van der Waals surface area contributed by atoms with Gasteiger partial charge in [0.05, 0.1) is 12.8 Å². The van der Waals surface area contributed by atoms with Gasteiger partial charge in [0.15, 0.2) is 0 Å². The Labute approximate surface area is 149 Å². The number of likely N-dealkylation sites (N-methyl/N-ethyl adjacent to an activating group) is 1. The second-order valence-electron chi connectivity index (χ2n) is 7.15. The maximum atomic E-state index is 5.27. The van der Waals surface area contributed by atoms with Crippen LogP contribution in [0.5, 0.6) is 5.75 Å². The van der Waals surface area contributed by atoms with Gasteiger partial charge >= 0.3 is 0 Å². The van der Waals surface area contributed by atoms with E-state index in [9.17, 15) is 0 Å². The van der Waals surface area contributed by atoms with Gasteiger partial charge < -0.3 is 14.5 Å². The van der Waals surface area contributed by atoms with E-state index in [4.69, 9.17) is 9.72 Å². The smallest absolute Gasteiger partial charge is 0.137 e. The molecule has 5 heteroatoms. The highest BCUT2D eigenvalue weighted by Crippen LogP contribution is 2.32. The van der Waals surface area contributed by atoms with Gasteiger partial charge in [0.1, 0.15) is 17.9 Å². The third-order valence-corrected chi connectivity index (χ3v) is 5.45. The summed E-state index contributed by atoms with van der Waals surface area (Å²) < 4.78 is 5.27. The average Bonchev–Trinajstić information content (AvgIpc) is 3.09. The van der Waals surface area contributed by atoms with Gasteiger partial charge in [0.25, 0.3) is 0 Å². The van der Waals surface area contributed by atoms with Crippen molar-refractivity contribution in [2.75, 3.05) is 32.1 Å². The van der Waals surface area contributed by atoms with Gasteiger partial charge in [-0.05, 0) is 44.0 Å². The lowest BCUT2D eigenvalue weighted by atomic mass is 10.0. The average molecular weight is 338 g/mol. The first-order valence-electron chi connectivity index (χ1n) is 9.15. The fourth-order valence-electron chi connectivity index (χ4n) is 4.07. The lowest BCUT2D eigenvalue weighted by Crippen LogP contribution is -2.35. The van der Waals surface area contributed by atoms with Crippen LogP contribution in [-0.4, -0.2) is 48.2 Å². The van der Waals surface area contributed by atoms with Crippen LogP contribution in [0.4, 0.5) is 5.82 Å². The molecule has 1 fully saturated rings. The standard InChI is InChI=1S/C20H26N4O/c1-23-11-9-19-18(13-23)20(22-14-21-19)24-10-3-4-16(24)12-15-5-7-17(25-2)8-6-15/h5-8,14,16H,3-4,9-13H2,1-2H3. The van der Waals surface area contributed by atoms with Gasteiger partial charge in [-0.25, -0.2) is 9.97 Å². The molecule has 3 heterocycles. The summed E-state index contributed by atoms with van der Waals surface area (Å²) in [4.78, 5) is 14.1. The minimum Gasteiger partial charge on any atom is -0.497 e. The van der Waals surface area contributed by atoms with E-state index in [0.29, 0.717) is 6.04 Å². The Hall–Kier alpha value is -2.14. The molecule has 0 N–H and O–H groups in total. The molecule has 0 bridgehead atoms. The van der Waals surface area contributed by atoms with Gasteiger partial charge in [-0.1, -0.05) is 12.1 Å². The highest BCUT2D eigenvalue weighted by molar-refractivity contribution is 5.51. The molecular formula is C20H26N4O. The molecule has 0 amide bonds. The number of aromatic nitrogens is 2. The molecule has 5 nitrogen and oxygen atoms in total. The third-order valence-electron chi connectivity index (χ3n) is 5.45. The molecule has 4 rings (SSSR count). The lowest BCUT2D eigenvalue weighted by molar-refractivity contribution is 0.309. The summed E-state index contributed by atoms with van der Waals surface area (Å²) in [5, 5.41) is 0. The Bertz CT molecular complexity index is 731. The zero-order valence-electron chi connectivity index (χ0n) is 15.1. The van der Waals surface area contributed by atoms with Crippen LogP contribution in [0.3, 0.4) is 0 Å². The van der Waals surface area contributed by atoms with Crippen molar-refractivity contribution < 1.29 is 4.74 Å². The SMILES string of the molecule is COc1ccc(CC2CCCN2c2ncnc3c2CN(C)CC3)cc1. The van der Waals surface area contributed by atoms with Gasteiger partial charge in [-0.2, -0.15) is 0 Å². The summed E-state index contributed by atoms with van der Waals surface area (Å²) >= 11 is 0.